The molecule has 1 rings (SSSR count). The Bertz CT molecular complexity index is 123. The molecule has 0 heterocycles. The smallest absolute Gasteiger partial charge is 0.0622 e. The van der Waals surface area contributed by atoms with Crippen molar-refractivity contribution in [2.24, 2.45) is 5.41 Å². The number of aliphatic hydroxyl groups excluding tert-OH is 1. The van der Waals surface area contributed by atoms with Crippen LogP contribution in [0.2, 0.25) is 0 Å². The fraction of sp³-hybridized carbons (Fsp3) is 1.00. The van der Waals surface area contributed by atoms with Gasteiger partial charge in [0.05, 0.1) is 13.2 Å². The number of hydrogen-bond donors (Lipinski definition) is 2. The van der Waals surface area contributed by atoms with Crippen molar-refractivity contribution >= 4 is 0 Å². The standard InChI is InChI=1S/C7H15NO2/c1-7(2)5(8-10-3)4-6(7)9/h5-6,8-9H,4H2,1-3H3. The van der Waals surface area contributed by atoms with Crippen LogP contribution in [0.25, 0.3) is 0 Å². The molecule has 60 valence electrons. The van der Waals surface area contributed by atoms with Gasteiger partial charge in [-0.3, -0.25) is 0 Å². The summed E-state index contributed by atoms with van der Waals surface area (Å²) in [6, 6.07) is 0.299. The molecular weight excluding hydrogens is 130 g/mol. The van der Waals surface area contributed by atoms with Gasteiger partial charge in [0.15, 0.2) is 0 Å². The first kappa shape index (κ1) is 7.98. The van der Waals surface area contributed by atoms with E-state index in [4.69, 9.17) is 4.84 Å². The summed E-state index contributed by atoms with van der Waals surface area (Å²) in [5, 5.41) is 9.28. The lowest BCUT2D eigenvalue weighted by molar-refractivity contribution is -0.121. The van der Waals surface area contributed by atoms with Gasteiger partial charge in [-0.15, -0.1) is 0 Å². The molecule has 0 amide bonds. The maximum atomic E-state index is 9.28. The van der Waals surface area contributed by atoms with E-state index in [0.29, 0.717) is 6.04 Å². The molecule has 0 bridgehead atoms. The van der Waals surface area contributed by atoms with Crippen LogP contribution < -0.4 is 5.48 Å². The Labute approximate surface area is 61.3 Å². The number of aliphatic hydroxyl groups is 1. The Balaban J connectivity index is 2.39. The topological polar surface area (TPSA) is 41.5 Å². The zero-order chi connectivity index (χ0) is 7.78. The minimum Gasteiger partial charge on any atom is -0.392 e. The molecule has 2 N–H and O–H groups in total. The maximum Gasteiger partial charge on any atom is 0.0622 e. The molecule has 0 aromatic heterocycles. The lowest BCUT2D eigenvalue weighted by Gasteiger charge is -2.48. The molecule has 3 nitrogen and oxygen atoms in total. The highest BCUT2D eigenvalue weighted by atomic mass is 16.6. The first-order valence-corrected chi connectivity index (χ1v) is 3.55. The summed E-state index contributed by atoms with van der Waals surface area (Å²) in [4.78, 5) is 4.77. The van der Waals surface area contributed by atoms with E-state index < -0.39 is 0 Å². The summed E-state index contributed by atoms with van der Waals surface area (Å²) >= 11 is 0. The van der Waals surface area contributed by atoms with E-state index in [1.165, 1.54) is 0 Å². The second kappa shape index (κ2) is 2.49. The first-order valence-electron chi connectivity index (χ1n) is 3.55. The predicted molar refractivity (Wildman–Crippen MR) is 38.3 cm³/mol. The van der Waals surface area contributed by atoms with Gasteiger partial charge in [-0.2, -0.15) is 5.48 Å². The van der Waals surface area contributed by atoms with Crippen molar-refractivity contribution in [1.29, 1.82) is 0 Å². The third kappa shape index (κ3) is 1.05. The van der Waals surface area contributed by atoms with Gasteiger partial charge in [0.1, 0.15) is 0 Å². The summed E-state index contributed by atoms with van der Waals surface area (Å²) in [7, 11) is 1.60. The zero-order valence-corrected chi connectivity index (χ0v) is 6.72. The van der Waals surface area contributed by atoms with E-state index in [1.807, 2.05) is 13.8 Å². The molecule has 0 saturated heterocycles. The lowest BCUT2D eigenvalue weighted by atomic mass is 9.65. The van der Waals surface area contributed by atoms with Crippen molar-refractivity contribution in [3.05, 3.63) is 0 Å². The quantitative estimate of drug-likeness (QED) is 0.549. The van der Waals surface area contributed by atoms with Crippen molar-refractivity contribution in [3.63, 3.8) is 0 Å². The van der Waals surface area contributed by atoms with Crippen LogP contribution in [0.3, 0.4) is 0 Å². The molecule has 0 aromatic rings. The minimum absolute atomic E-state index is 0.0317. The first-order chi connectivity index (χ1) is 4.59. The van der Waals surface area contributed by atoms with E-state index in [-0.39, 0.29) is 11.5 Å². The van der Waals surface area contributed by atoms with Crippen LogP contribution in [-0.2, 0) is 4.84 Å². The van der Waals surface area contributed by atoms with Crippen LogP contribution >= 0.6 is 0 Å². The van der Waals surface area contributed by atoms with Crippen LogP contribution in [0.1, 0.15) is 20.3 Å². The Morgan fingerprint density at radius 1 is 1.60 bits per heavy atom. The molecule has 10 heavy (non-hydrogen) atoms. The van der Waals surface area contributed by atoms with Crippen LogP contribution in [0.4, 0.5) is 0 Å². The molecule has 0 aliphatic heterocycles. The summed E-state index contributed by atoms with van der Waals surface area (Å²) < 4.78 is 0. The minimum atomic E-state index is -0.180. The van der Waals surface area contributed by atoms with Crippen LogP contribution in [0.5, 0.6) is 0 Å². The third-order valence-electron chi connectivity index (χ3n) is 2.48. The molecule has 1 aliphatic rings. The fourth-order valence-corrected chi connectivity index (χ4v) is 1.24. The van der Waals surface area contributed by atoms with Gasteiger partial charge in [0.25, 0.3) is 0 Å². The number of rotatable bonds is 2. The average molecular weight is 145 g/mol. The maximum absolute atomic E-state index is 9.28. The van der Waals surface area contributed by atoms with Gasteiger partial charge in [-0.1, -0.05) is 13.8 Å². The molecule has 1 saturated carbocycles. The Morgan fingerprint density at radius 3 is 2.50 bits per heavy atom. The molecular formula is C7H15NO2. The highest BCUT2D eigenvalue weighted by Gasteiger charge is 2.47. The monoisotopic (exact) mass is 145 g/mol. The summed E-state index contributed by atoms with van der Waals surface area (Å²) in [5.74, 6) is 0. The lowest BCUT2D eigenvalue weighted by Crippen LogP contribution is -2.59. The van der Waals surface area contributed by atoms with Gasteiger partial charge in [0, 0.05) is 11.5 Å². The Morgan fingerprint density at radius 2 is 2.20 bits per heavy atom. The summed E-state index contributed by atoms with van der Waals surface area (Å²) in [5.41, 5.74) is 2.81. The van der Waals surface area contributed by atoms with Crippen LogP contribution in [0, 0.1) is 5.41 Å². The van der Waals surface area contributed by atoms with E-state index >= 15 is 0 Å². The summed E-state index contributed by atoms with van der Waals surface area (Å²) in [6.07, 6.45) is 0.612. The largest absolute Gasteiger partial charge is 0.392 e. The number of hydrogen-bond acceptors (Lipinski definition) is 3. The molecule has 1 fully saturated rings. The normalized spacial score (nSPS) is 37.2. The van der Waals surface area contributed by atoms with Gasteiger partial charge < -0.3 is 9.94 Å². The van der Waals surface area contributed by atoms with E-state index in [0.717, 1.165) is 6.42 Å². The van der Waals surface area contributed by atoms with Crippen molar-refractivity contribution in [3.8, 4) is 0 Å². The van der Waals surface area contributed by atoms with Gasteiger partial charge in [-0.05, 0) is 6.42 Å². The van der Waals surface area contributed by atoms with E-state index in [9.17, 15) is 5.11 Å². The number of nitrogens with one attached hydrogen (secondary N) is 1. The summed E-state index contributed by atoms with van der Waals surface area (Å²) in [6.45, 7) is 4.05. The second-order valence-electron chi connectivity index (χ2n) is 3.45. The molecule has 1 aliphatic carbocycles. The van der Waals surface area contributed by atoms with E-state index in [1.54, 1.807) is 7.11 Å². The van der Waals surface area contributed by atoms with Crippen molar-refractivity contribution in [2.75, 3.05) is 7.11 Å². The SMILES string of the molecule is CONC1CC(O)C1(C)C. The molecule has 0 aromatic carbocycles. The van der Waals surface area contributed by atoms with Crippen LogP contribution in [-0.4, -0.2) is 24.4 Å². The van der Waals surface area contributed by atoms with Gasteiger partial charge in [0.2, 0.25) is 0 Å². The molecule has 2 atom stereocenters. The van der Waals surface area contributed by atoms with Gasteiger partial charge in [-0.25, -0.2) is 0 Å². The van der Waals surface area contributed by atoms with Crippen molar-refractivity contribution < 1.29 is 9.94 Å². The highest BCUT2D eigenvalue weighted by molar-refractivity contribution is 5.00. The fourth-order valence-electron chi connectivity index (χ4n) is 1.24. The second-order valence-corrected chi connectivity index (χ2v) is 3.45. The van der Waals surface area contributed by atoms with Crippen LogP contribution in [0.15, 0.2) is 0 Å². The predicted octanol–water partition coefficient (Wildman–Crippen LogP) is 0.297. The van der Waals surface area contributed by atoms with Crippen molar-refractivity contribution in [1.82, 2.24) is 5.48 Å². The molecule has 0 radical (unpaired) electrons. The zero-order valence-electron chi connectivity index (χ0n) is 6.72. The Hall–Kier alpha value is -0.120. The average Bonchev–Trinajstić information content (AvgIpc) is 1.88. The molecule has 0 spiro atoms. The Kier molecular flexibility index (Phi) is 1.99. The van der Waals surface area contributed by atoms with Gasteiger partial charge >= 0.3 is 0 Å². The van der Waals surface area contributed by atoms with Crippen molar-refractivity contribution in [2.45, 2.75) is 32.4 Å². The number of hydroxylamine groups is 1. The third-order valence-corrected chi connectivity index (χ3v) is 2.48. The van der Waals surface area contributed by atoms with E-state index in [2.05, 4.69) is 5.48 Å². The molecule has 3 heteroatoms. The highest BCUT2D eigenvalue weighted by Crippen LogP contribution is 2.40. The molecule has 2 unspecified atom stereocenters.